The maximum Gasteiger partial charge on any atom is 0.215 e. The molecule has 0 saturated carbocycles. The summed E-state index contributed by atoms with van der Waals surface area (Å²) in [5, 5.41) is 61.2. The zero-order chi connectivity index (χ0) is 28.3. The Kier molecular flexibility index (Phi) is 5.51. The standard InChI is InChI=1S/C30H22O10/c31-16-5-1-14(2-6-16)13-30(29(38)25-21(36)10-19(34)12-23(25)40-30)26-27(37)24-20(35)9-18(33)11-22(24)39-28(26)15-3-7-17(32)8-4-15/h1-12,26,28,31-36H,13H2/t26-,28-,30+/m1/s1. The Bertz CT molecular complexity index is 1680. The molecule has 0 aliphatic carbocycles. The van der Waals surface area contributed by atoms with Gasteiger partial charge in [0.15, 0.2) is 11.4 Å². The summed E-state index contributed by atoms with van der Waals surface area (Å²) >= 11 is 0. The minimum absolute atomic E-state index is 0.0278. The van der Waals surface area contributed by atoms with Gasteiger partial charge in [-0.25, -0.2) is 0 Å². The normalized spacial score (nSPS) is 21.3. The van der Waals surface area contributed by atoms with Gasteiger partial charge in [0.1, 0.15) is 69.1 Å². The Morgan fingerprint density at radius 2 is 1.20 bits per heavy atom. The fraction of sp³-hybridized carbons (Fsp3) is 0.133. The van der Waals surface area contributed by atoms with Crippen molar-refractivity contribution in [2.24, 2.45) is 5.92 Å². The zero-order valence-electron chi connectivity index (χ0n) is 20.6. The number of ketones is 2. The maximum atomic E-state index is 14.3. The Morgan fingerprint density at radius 3 is 1.82 bits per heavy atom. The lowest BCUT2D eigenvalue weighted by atomic mass is 9.69. The van der Waals surface area contributed by atoms with Crippen LogP contribution >= 0.6 is 0 Å². The largest absolute Gasteiger partial charge is 0.508 e. The number of fused-ring (bicyclic) bond motifs is 2. The summed E-state index contributed by atoms with van der Waals surface area (Å²) in [6.45, 7) is 0. The lowest BCUT2D eigenvalue weighted by Gasteiger charge is -2.42. The molecule has 4 aromatic carbocycles. The first-order valence-electron chi connectivity index (χ1n) is 12.2. The highest BCUT2D eigenvalue weighted by atomic mass is 16.5. The Labute approximate surface area is 226 Å². The molecule has 2 aliphatic rings. The quantitative estimate of drug-likeness (QED) is 0.220. The van der Waals surface area contributed by atoms with E-state index in [2.05, 4.69) is 0 Å². The summed E-state index contributed by atoms with van der Waals surface area (Å²) < 4.78 is 12.4. The van der Waals surface area contributed by atoms with E-state index in [0.29, 0.717) is 11.1 Å². The summed E-state index contributed by atoms with van der Waals surface area (Å²) in [5.41, 5.74) is -1.72. The number of hydrogen-bond donors (Lipinski definition) is 6. The van der Waals surface area contributed by atoms with Crippen LogP contribution in [0.25, 0.3) is 0 Å². The Balaban J connectivity index is 1.61. The number of hydrogen-bond acceptors (Lipinski definition) is 10. The third-order valence-corrected chi connectivity index (χ3v) is 7.25. The van der Waals surface area contributed by atoms with Gasteiger partial charge in [-0.15, -0.1) is 0 Å². The van der Waals surface area contributed by atoms with Gasteiger partial charge in [-0.05, 0) is 35.4 Å². The summed E-state index contributed by atoms with van der Waals surface area (Å²) in [7, 11) is 0. The van der Waals surface area contributed by atoms with E-state index < -0.39 is 40.7 Å². The molecular formula is C30H22O10. The minimum Gasteiger partial charge on any atom is -0.508 e. The van der Waals surface area contributed by atoms with Gasteiger partial charge in [-0.3, -0.25) is 9.59 Å². The smallest absolute Gasteiger partial charge is 0.215 e. The number of aromatic hydroxyl groups is 6. The second-order valence-corrected chi connectivity index (χ2v) is 9.81. The van der Waals surface area contributed by atoms with Gasteiger partial charge in [0, 0.05) is 30.7 Å². The SMILES string of the molecule is O=C1c2c(O)cc(O)cc2O[C@H](c2ccc(O)cc2)[C@@H]1[C@]1(Cc2ccc(O)cc2)Oc2cc(O)cc(O)c2C1=O. The number of carbonyl (C=O) groups is 2. The highest BCUT2D eigenvalue weighted by Gasteiger charge is 2.62. The number of phenols is 6. The number of carbonyl (C=O) groups excluding carboxylic acids is 2. The van der Waals surface area contributed by atoms with Crippen LogP contribution in [0.3, 0.4) is 0 Å². The van der Waals surface area contributed by atoms with Gasteiger partial charge < -0.3 is 40.1 Å². The van der Waals surface area contributed by atoms with Crippen molar-refractivity contribution in [2.75, 3.05) is 0 Å². The highest BCUT2D eigenvalue weighted by Crippen LogP contribution is 2.54. The van der Waals surface area contributed by atoms with Crippen molar-refractivity contribution in [3.05, 3.63) is 95.1 Å². The first-order chi connectivity index (χ1) is 19.1. The molecule has 3 atom stereocenters. The molecule has 0 unspecified atom stereocenters. The molecule has 6 N–H and O–H groups in total. The summed E-state index contributed by atoms with van der Waals surface area (Å²) in [6, 6.07) is 15.9. The van der Waals surface area contributed by atoms with Crippen LogP contribution in [0.5, 0.6) is 46.0 Å². The molecule has 10 heteroatoms. The summed E-state index contributed by atoms with van der Waals surface area (Å²) in [6.07, 6.45) is -1.46. The van der Waals surface area contributed by atoms with Crippen molar-refractivity contribution >= 4 is 11.6 Å². The molecule has 0 aromatic heterocycles. The van der Waals surface area contributed by atoms with Crippen LogP contribution in [0.4, 0.5) is 0 Å². The lowest BCUT2D eigenvalue weighted by Crippen LogP contribution is -2.56. The van der Waals surface area contributed by atoms with Gasteiger partial charge in [0.2, 0.25) is 5.78 Å². The first kappa shape index (κ1) is 24.9. The molecule has 0 spiro atoms. The van der Waals surface area contributed by atoms with Crippen LogP contribution in [-0.4, -0.2) is 47.8 Å². The minimum atomic E-state index is -2.06. The van der Waals surface area contributed by atoms with E-state index in [0.717, 1.165) is 18.2 Å². The number of rotatable bonds is 4. The second kappa shape index (κ2) is 8.84. The molecule has 40 heavy (non-hydrogen) atoms. The van der Waals surface area contributed by atoms with Crippen LogP contribution in [0.15, 0.2) is 72.8 Å². The van der Waals surface area contributed by atoms with E-state index in [1.54, 1.807) is 12.1 Å². The number of benzene rings is 4. The van der Waals surface area contributed by atoms with E-state index in [-0.39, 0.29) is 52.0 Å². The molecule has 6 rings (SSSR count). The first-order valence-corrected chi connectivity index (χ1v) is 12.2. The molecule has 0 fully saturated rings. The third-order valence-electron chi connectivity index (χ3n) is 7.25. The number of Topliss-reactive ketones (excluding diaryl/α,β-unsaturated/α-hetero) is 2. The molecular weight excluding hydrogens is 520 g/mol. The molecule has 2 heterocycles. The van der Waals surface area contributed by atoms with Crippen LogP contribution < -0.4 is 9.47 Å². The van der Waals surface area contributed by atoms with Crippen LogP contribution in [0, 0.1) is 5.92 Å². The van der Waals surface area contributed by atoms with Crippen molar-refractivity contribution in [2.45, 2.75) is 18.1 Å². The van der Waals surface area contributed by atoms with Crippen LogP contribution in [0.2, 0.25) is 0 Å². The Morgan fingerprint density at radius 1 is 0.650 bits per heavy atom. The fourth-order valence-electron chi connectivity index (χ4n) is 5.50. The molecule has 0 amide bonds. The highest BCUT2D eigenvalue weighted by molar-refractivity contribution is 6.15. The topological polar surface area (TPSA) is 174 Å². The molecule has 0 saturated heterocycles. The molecule has 2 aliphatic heterocycles. The van der Waals surface area contributed by atoms with Crippen molar-refractivity contribution in [1.29, 1.82) is 0 Å². The van der Waals surface area contributed by atoms with Gasteiger partial charge in [0.05, 0.1) is 0 Å². The van der Waals surface area contributed by atoms with Crippen molar-refractivity contribution < 1.29 is 49.7 Å². The average molecular weight is 542 g/mol. The predicted octanol–water partition coefficient (Wildman–Crippen LogP) is 4.11. The fourth-order valence-corrected chi connectivity index (χ4v) is 5.50. The maximum absolute atomic E-state index is 14.3. The van der Waals surface area contributed by atoms with E-state index in [4.69, 9.17) is 9.47 Å². The number of ether oxygens (including phenoxy) is 2. The van der Waals surface area contributed by atoms with Crippen molar-refractivity contribution in [1.82, 2.24) is 0 Å². The Hall–Kier alpha value is -5.38. The van der Waals surface area contributed by atoms with E-state index in [1.165, 1.54) is 42.5 Å². The molecule has 10 nitrogen and oxygen atoms in total. The average Bonchev–Trinajstić information content (AvgIpc) is 3.16. The molecule has 202 valence electrons. The summed E-state index contributed by atoms with van der Waals surface area (Å²) in [5.74, 6) is -5.19. The zero-order valence-corrected chi connectivity index (χ0v) is 20.6. The van der Waals surface area contributed by atoms with Crippen molar-refractivity contribution in [3.8, 4) is 46.0 Å². The van der Waals surface area contributed by atoms with Gasteiger partial charge >= 0.3 is 0 Å². The van der Waals surface area contributed by atoms with E-state index in [1.807, 2.05) is 0 Å². The van der Waals surface area contributed by atoms with E-state index in [9.17, 15) is 40.2 Å². The molecule has 0 radical (unpaired) electrons. The predicted molar refractivity (Wildman–Crippen MR) is 138 cm³/mol. The van der Waals surface area contributed by atoms with E-state index >= 15 is 0 Å². The van der Waals surface area contributed by atoms with Gasteiger partial charge in [-0.1, -0.05) is 24.3 Å². The lowest BCUT2D eigenvalue weighted by molar-refractivity contribution is -0.0159. The second-order valence-electron chi connectivity index (χ2n) is 9.81. The third kappa shape index (κ3) is 3.80. The van der Waals surface area contributed by atoms with Crippen LogP contribution in [-0.2, 0) is 6.42 Å². The van der Waals surface area contributed by atoms with Crippen LogP contribution in [0.1, 0.15) is 37.9 Å². The molecule has 4 aromatic rings. The summed E-state index contributed by atoms with van der Waals surface area (Å²) in [4.78, 5) is 28.6. The van der Waals surface area contributed by atoms with Crippen molar-refractivity contribution in [3.63, 3.8) is 0 Å². The number of phenolic OH excluding ortho intramolecular Hbond substituents is 6. The molecule has 0 bridgehead atoms. The van der Waals surface area contributed by atoms with Gasteiger partial charge in [0.25, 0.3) is 0 Å². The van der Waals surface area contributed by atoms with Gasteiger partial charge in [-0.2, -0.15) is 0 Å². The monoisotopic (exact) mass is 542 g/mol.